The number of amides is 2. The molecule has 2 aromatic rings. The summed E-state index contributed by atoms with van der Waals surface area (Å²) in [6.07, 6.45) is 3.13. The molecule has 0 saturated heterocycles. The highest BCUT2D eigenvalue weighted by atomic mass is 16.5. The van der Waals surface area contributed by atoms with Gasteiger partial charge in [0.15, 0.2) is 0 Å². The Balaban J connectivity index is 0.992. The van der Waals surface area contributed by atoms with Crippen LogP contribution in [0.25, 0.3) is 11.1 Å². The summed E-state index contributed by atoms with van der Waals surface area (Å²) in [7, 11) is 0. The van der Waals surface area contributed by atoms with Crippen molar-refractivity contribution < 1.29 is 24.2 Å². The lowest BCUT2D eigenvalue weighted by atomic mass is 9.71. The minimum atomic E-state index is -0.781. The van der Waals surface area contributed by atoms with Gasteiger partial charge in [-0.15, -0.1) is 0 Å². The number of hydrogen-bond acceptors (Lipinski definition) is 4. The average molecular weight is 475 g/mol. The molecule has 0 radical (unpaired) electrons. The van der Waals surface area contributed by atoms with Crippen molar-refractivity contribution in [1.29, 1.82) is 0 Å². The standard InChI is InChI=1S/C28H30N2O5/c31-26(29-18-10-17(11-18)27(32)33)16-9-15-13-25(23(15)12-16)30-28(34)35-14-24-21-7-3-1-5-19(21)20-6-2-4-8-22(20)24/h1-8,15-18,23-25H,9-14H2,(H,29,31)(H,30,34)(H,32,33). The molecule has 35 heavy (non-hydrogen) atoms. The molecule has 3 N–H and O–H groups in total. The normalized spacial score (nSPS) is 30.2. The molecular formula is C28H30N2O5. The zero-order chi connectivity index (χ0) is 24.1. The predicted molar refractivity (Wildman–Crippen MR) is 129 cm³/mol. The Bertz CT molecular complexity index is 1130. The van der Waals surface area contributed by atoms with E-state index in [2.05, 4.69) is 34.9 Å². The smallest absolute Gasteiger partial charge is 0.407 e. The van der Waals surface area contributed by atoms with Gasteiger partial charge in [0.1, 0.15) is 6.61 Å². The van der Waals surface area contributed by atoms with Gasteiger partial charge in [0.2, 0.25) is 5.91 Å². The molecule has 0 aromatic heterocycles. The van der Waals surface area contributed by atoms with Gasteiger partial charge in [0, 0.05) is 23.9 Å². The number of fused-ring (bicyclic) bond motifs is 4. The first-order chi connectivity index (χ1) is 17.0. The molecule has 3 saturated carbocycles. The Labute approximate surface area is 204 Å². The molecule has 4 aliphatic carbocycles. The van der Waals surface area contributed by atoms with Crippen LogP contribution in [0.3, 0.4) is 0 Å². The summed E-state index contributed by atoms with van der Waals surface area (Å²) in [6, 6.07) is 16.6. The first-order valence-corrected chi connectivity index (χ1v) is 12.6. The molecule has 3 fully saturated rings. The third-order valence-electron chi connectivity index (χ3n) is 8.67. The van der Waals surface area contributed by atoms with E-state index in [1.165, 1.54) is 22.3 Å². The molecule has 0 heterocycles. The van der Waals surface area contributed by atoms with Crippen molar-refractivity contribution in [3.05, 3.63) is 59.7 Å². The Morgan fingerprint density at radius 3 is 2.14 bits per heavy atom. The van der Waals surface area contributed by atoms with Crippen molar-refractivity contribution in [2.75, 3.05) is 6.61 Å². The summed E-state index contributed by atoms with van der Waals surface area (Å²) in [5.41, 5.74) is 4.79. The van der Waals surface area contributed by atoms with Crippen molar-refractivity contribution in [2.24, 2.45) is 23.7 Å². The number of carbonyl (C=O) groups excluding carboxylic acids is 2. The first-order valence-electron chi connectivity index (χ1n) is 12.6. The van der Waals surface area contributed by atoms with Crippen LogP contribution in [0.2, 0.25) is 0 Å². The van der Waals surface area contributed by atoms with Crippen LogP contribution in [0.15, 0.2) is 48.5 Å². The summed E-state index contributed by atoms with van der Waals surface area (Å²) >= 11 is 0. The van der Waals surface area contributed by atoms with Gasteiger partial charge in [0.05, 0.1) is 5.92 Å². The maximum atomic E-state index is 12.7. The molecule has 4 unspecified atom stereocenters. The highest BCUT2D eigenvalue weighted by molar-refractivity contribution is 5.81. The van der Waals surface area contributed by atoms with Crippen molar-refractivity contribution >= 4 is 18.0 Å². The van der Waals surface area contributed by atoms with Gasteiger partial charge in [-0.2, -0.15) is 0 Å². The number of rotatable bonds is 6. The van der Waals surface area contributed by atoms with E-state index in [1.807, 2.05) is 24.3 Å². The molecule has 0 spiro atoms. The zero-order valence-electron chi connectivity index (χ0n) is 19.5. The molecule has 4 atom stereocenters. The lowest BCUT2D eigenvalue weighted by Gasteiger charge is -2.40. The monoisotopic (exact) mass is 474 g/mol. The molecule has 0 aliphatic heterocycles. The number of carbonyl (C=O) groups is 3. The summed E-state index contributed by atoms with van der Waals surface area (Å²) < 4.78 is 5.70. The van der Waals surface area contributed by atoms with Gasteiger partial charge in [-0.25, -0.2) is 4.79 Å². The first kappa shape index (κ1) is 22.1. The molecule has 7 nitrogen and oxygen atoms in total. The van der Waals surface area contributed by atoms with Gasteiger partial charge < -0.3 is 20.5 Å². The molecule has 182 valence electrons. The van der Waals surface area contributed by atoms with Crippen molar-refractivity contribution in [3.8, 4) is 11.1 Å². The van der Waals surface area contributed by atoms with E-state index in [9.17, 15) is 14.4 Å². The van der Waals surface area contributed by atoms with Gasteiger partial charge in [-0.3, -0.25) is 9.59 Å². The lowest BCUT2D eigenvalue weighted by molar-refractivity contribution is -0.146. The van der Waals surface area contributed by atoms with Crippen LogP contribution in [0.4, 0.5) is 4.79 Å². The van der Waals surface area contributed by atoms with Gasteiger partial charge >= 0.3 is 12.1 Å². The Kier molecular flexibility index (Phi) is 5.50. The van der Waals surface area contributed by atoms with E-state index in [4.69, 9.17) is 9.84 Å². The maximum Gasteiger partial charge on any atom is 0.407 e. The van der Waals surface area contributed by atoms with Crippen LogP contribution in [0.5, 0.6) is 0 Å². The molecule has 2 amide bonds. The molecular weight excluding hydrogens is 444 g/mol. The van der Waals surface area contributed by atoms with E-state index in [-0.39, 0.29) is 35.7 Å². The third kappa shape index (κ3) is 3.97. The topological polar surface area (TPSA) is 105 Å². The number of ether oxygens (including phenoxy) is 1. The minimum Gasteiger partial charge on any atom is -0.481 e. The van der Waals surface area contributed by atoms with Crippen molar-refractivity contribution in [1.82, 2.24) is 10.6 Å². The van der Waals surface area contributed by atoms with Crippen LogP contribution in [0, 0.1) is 23.7 Å². The number of aliphatic carboxylic acids is 1. The second-order valence-electron chi connectivity index (χ2n) is 10.6. The molecule has 4 aliphatic rings. The number of carboxylic acids is 1. The highest BCUT2D eigenvalue weighted by Crippen LogP contribution is 2.50. The van der Waals surface area contributed by atoms with E-state index in [0.717, 1.165) is 19.3 Å². The summed E-state index contributed by atoms with van der Waals surface area (Å²) in [6.45, 7) is 0.296. The van der Waals surface area contributed by atoms with Crippen LogP contribution in [0.1, 0.15) is 49.1 Å². The van der Waals surface area contributed by atoms with E-state index in [1.54, 1.807) is 0 Å². The molecule has 6 rings (SSSR count). The number of benzene rings is 2. The van der Waals surface area contributed by atoms with Crippen molar-refractivity contribution in [3.63, 3.8) is 0 Å². The third-order valence-corrected chi connectivity index (χ3v) is 8.67. The summed E-state index contributed by atoms with van der Waals surface area (Å²) in [5, 5.41) is 15.1. The van der Waals surface area contributed by atoms with Crippen LogP contribution >= 0.6 is 0 Å². The Morgan fingerprint density at radius 1 is 0.829 bits per heavy atom. The zero-order valence-corrected chi connectivity index (χ0v) is 19.5. The summed E-state index contributed by atoms with van der Waals surface area (Å²) in [5.74, 6) is -0.329. The maximum absolute atomic E-state index is 12.7. The molecule has 7 heteroatoms. The van der Waals surface area contributed by atoms with E-state index in [0.29, 0.717) is 31.3 Å². The van der Waals surface area contributed by atoms with Gasteiger partial charge in [-0.05, 0) is 66.2 Å². The van der Waals surface area contributed by atoms with E-state index >= 15 is 0 Å². The number of nitrogens with one attached hydrogen (secondary N) is 2. The minimum absolute atomic E-state index is 0.0170. The van der Waals surface area contributed by atoms with Gasteiger partial charge in [0.25, 0.3) is 0 Å². The highest BCUT2D eigenvalue weighted by Gasteiger charge is 2.50. The van der Waals surface area contributed by atoms with Crippen LogP contribution in [-0.2, 0) is 14.3 Å². The second kappa shape index (κ2) is 8.70. The second-order valence-corrected chi connectivity index (χ2v) is 10.6. The molecule has 2 aromatic carbocycles. The Hall–Kier alpha value is -3.35. The SMILES string of the molecule is O=C(NC1CC2CC(C(=O)NC3CC(C(=O)O)C3)CC21)OCC1c2ccccc2-c2ccccc21. The predicted octanol–water partition coefficient (Wildman–Crippen LogP) is 3.92. The fourth-order valence-electron chi connectivity index (χ4n) is 6.65. The van der Waals surface area contributed by atoms with Crippen LogP contribution < -0.4 is 10.6 Å². The fourth-order valence-corrected chi connectivity index (χ4v) is 6.65. The van der Waals surface area contributed by atoms with E-state index < -0.39 is 12.1 Å². The largest absolute Gasteiger partial charge is 0.481 e. The molecule has 0 bridgehead atoms. The Morgan fingerprint density at radius 2 is 1.49 bits per heavy atom. The lowest BCUT2D eigenvalue weighted by Crippen LogP contribution is -2.50. The fraction of sp³-hybridized carbons (Fsp3) is 0.464. The average Bonchev–Trinajstić information content (AvgIpc) is 3.33. The quantitative estimate of drug-likeness (QED) is 0.589. The number of alkyl carbamates (subject to hydrolysis) is 1. The van der Waals surface area contributed by atoms with Crippen LogP contribution in [-0.4, -0.2) is 41.8 Å². The van der Waals surface area contributed by atoms with Gasteiger partial charge in [-0.1, -0.05) is 48.5 Å². The number of hydrogen-bond donors (Lipinski definition) is 3. The van der Waals surface area contributed by atoms with Crippen molar-refractivity contribution in [2.45, 2.75) is 50.1 Å². The number of carboxylic acid groups (broad SMARTS) is 1. The summed E-state index contributed by atoms with van der Waals surface area (Å²) in [4.78, 5) is 36.3.